The van der Waals surface area contributed by atoms with Crippen molar-refractivity contribution in [3.8, 4) is 0 Å². The van der Waals surface area contributed by atoms with Gasteiger partial charge < -0.3 is 11.5 Å². The van der Waals surface area contributed by atoms with Crippen molar-refractivity contribution in [1.82, 2.24) is 0 Å². The molecule has 0 heterocycles. The predicted octanol–water partition coefficient (Wildman–Crippen LogP) is 2.96. The van der Waals surface area contributed by atoms with Gasteiger partial charge in [-0.1, -0.05) is 52.3 Å². The predicted molar refractivity (Wildman–Crippen MR) is 74.5 cm³/mol. The van der Waals surface area contributed by atoms with Crippen molar-refractivity contribution in [2.45, 2.75) is 12.6 Å². The number of benzene rings is 2. The first-order chi connectivity index (χ1) is 8.20. The third-order valence-electron chi connectivity index (χ3n) is 2.75. The summed E-state index contributed by atoms with van der Waals surface area (Å²) in [5, 5.41) is 0. The molecule has 0 saturated carbocycles. The molecular formula is C14H15BrN2. The highest BCUT2D eigenvalue weighted by atomic mass is 79.9. The van der Waals surface area contributed by atoms with E-state index in [2.05, 4.69) is 22.0 Å². The molecular weight excluding hydrogens is 276 g/mol. The van der Waals surface area contributed by atoms with Gasteiger partial charge in [0.05, 0.1) is 6.04 Å². The van der Waals surface area contributed by atoms with Gasteiger partial charge in [-0.2, -0.15) is 0 Å². The third-order valence-corrected chi connectivity index (χ3v) is 3.25. The van der Waals surface area contributed by atoms with E-state index in [9.17, 15) is 0 Å². The fourth-order valence-electron chi connectivity index (χ4n) is 1.81. The fraction of sp³-hybridized carbons (Fsp3) is 0.143. The summed E-state index contributed by atoms with van der Waals surface area (Å²) in [6, 6.07) is 16.0. The van der Waals surface area contributed by atoms with Crippen LogP contribution in [0.5, 0.6) is 0 Å². The standard InChI is InChI=1S/C14H15BrN2/c15-13-6-2-5-12(8-13)14(17)11-4-1-3-10(7-11)9-16/h1-8,14H,9,16-17H2. The molecule has 0 radical (unpaired) electrons. The monoisotopic (exact) mass is 290 g/mol. The average Bonchev–Trinajstić information content (AvgIpc) is 2.38. The minimum atomic E-state index is -0.112. The highest BCUT2D eigenvalue weighted by Gasteiger charge is 2.09. The summed E-state index contributed by atoms with van der Waals surface area (Å²) in [5.41, 5.74) is 15.2. The Hall–Kier alpha value is -1.16. The van der Waals surface area contributed by atoms with Crippen LogP contribution in [-0.4, -0.2) is 0 Å². The fourth-order valence-corrected chi connectivity index (χ4v) is 2.22. The molecule has 0 spiro atoms. The Morgan fingerprint density at radius 3 is 2.29 bits per heavy atom. The van der Waals surface area contributed by atoms with Gasteiger partial charge in [-0.25, -0.2) is 0 Å². The van der Waals surface area contributed by atoms with Gasteiger partial charge >= 0.3 is 0 Å². The minimum absolute atomic E-state index is 0.112. The zero-order valence-electron chi connectivity index (χ0n) is 9.44. The molecule has 88 valence electrons. The van der Waals surface area contributed by atoms with Gasteiger partial charge in [0.25, 0.3) is 0 Å². The number of halogens is 1. The molecule has 3 heteroatoms. The molecule has 0 bridgehead atoms. The maximum atomic E-state index is 6.25. The summed E-state index contributed by atoms with van der Waals surface area (Å²) in [6.07, 6.45) is 0. The second kappa shape index (κ2) is 5.45. The van der Waals surface area contributed by atoms with Crippen LogP contribution < -0.4 is 11.5 Å². The van der Waals surface area contributed by atoms with E-state index >= 15 is 0 Å². The van der Waals surface area contributed by atoms with Crippen LogP contribution in [0.25, 0.3) is 0 Å². The zero-order valence-corrected chi connectivity index (χ0v) is 11.0. The molecule has 2 aromatic rings. The summed E-state index contributed by atoms with van der Waals surface area (Å²) in [7, 11) is 0. The van der Waals surface area contributed by atoms with Crippen LogP contribution in [0, 0.1) is 0 Å². The molecule has 0 aromatic heterocycles. The van der Waals surface area contributed by atoms with Gasteiger partial charge in [-0.15, -0.1) is 0 Å². The smallest absolute Gasteiger partial charge is 0.0552 e. The normalized spacial score (nSPS) is 12.4. The Morgan fingerprint density at radius 2 is 1.65 bits per heavy atom. The van der Waals surface area contributed by atoms with Crippen LogP contribution >= 0.6 is 15.9 Å². The number of hydrogen-bond acceptors (Lipinski definition) is 2. The van der Waals surface area contributed by atoms with Gasteiger partial charge in [-0.05, 0) is 28.8 Å². The Bertz CT molecular complexity index is 511. The summed E-state index contributed by atoms with van der Waals surface area (Å²) >= 11 is 3.46. The van der Waals surface area contributed by atoms with Crippen molar-refractivity contribution in [2.75, 3.05) is 0 Å². The SMILES string of the molecule is NCc1cccc(C(N)c2cccc(Br)c2)c1. The summed E-state index contributed by atoms with van der Waals surface area (Å²) in [5.74, 6) is 0. The summed E-state index contributed by atoms with van der Waals surface area (Å²) < 4.78 is 1.04. The Kier molecular flexibility index (Phi) is 3.94. The van der Waals surface area contributed by atoms with Crippen molar-refractivity contribution in [1.29, 1.82) is 0 Å². The third kappa shape index (κ3) is 2.94. The van der Waals surface area contributed by atoms with Crippen LogP contribution in [-0.2, 0) is 6.54 Å². The lowest BCUT2D eigenvalue weighted by atomic mass is 9.98. The first-order valence-electron chi connectivity index (χ1n) is 5.50. The Balaban J connectivity index is 2.33. The van der Waals surface area contributed by atoms with E-state index in [0.717, 1.165) is 21.2 Å². The molecule has 2 nitrogen and oxygen atoms in total. The molecule has 4 N–H and O–H groups in total. The van der Waals surface area contributed by atoms with E-state index in [1.807, 2.05) is 42.5 Å². The molecule has 2 aromatic carbocycles. The van der Waals surface area contributed by atoms with Crippen LogP contribution in [0.4, 0.5) is 0 Å². The summed E-state index contributed by atoms with van der Waals surface area (Å²) in [6.45, 7) is 0.541. The number of nitrogens with two attached hydrogens (primary N) is 2. The van der Waals surface area contributed by atoms with Crippen molar-refractivity contribution >= 4 is 15.9 Å². The molecule has 0 aliphatic rings. The zero-order chi connectivity index (χ0) is 12.3. The van der Waals surface area contributed by atoms with Crippen LogP contribution in [0.2, 0.25) is 0 Å². The van der Waals surface area contributed by atoms with E-state index in [4.69, 9.17) is 11.5 Å². The molecule has 0 saturated heterocycles. The highest BCUT2D eigenvalue weighted by molar-refractivity contribution is 9.10. The first-order valence-corrected chi connectivity index (χ1v) is 6.30. The van der Waals surface area contributed by atoms with Crippen molar-refractivity contribution < 1.29 is 0 Å². The molecule has 2 rings (SSSR count). The van der Waals surface area contributed by atoms with Gasteiger partial charge in [0.15, 0.2) is 0 Å². The highest BCUT2D eigenvalue weighted by Crippen LogP contribution is 2.23. The second-order valence-electron chi connectivity index (χ2n) is 3.98. The largest absolute Gasteiger partial charge is 0.326 e. The Labute approximate surface area is 110 Å². The van der Waals surface area contributed by atoms with Crippen molar-refractivity contribution in [2.24, 2.45) is 11.5 Å². The van der Waals surface area contributed by atoms with Crippen molar-refractivity contribution in [3.63, 3.8) is 0 Å². The van der Waals surface area contributed by atoms with Crippen LogP contribution in [0.1, 0.15) is 22.7 Å². The van der Waals surface area contributed by atoms with Gasteiger partial charge in [0.1, 0.15) is 0 Å². The minimum Gasteiger partial charge on any atom is -0.326 e. The maximum absolute atomic E-state index is 6.25. The molecule has 0 aliphatic heterocycles. The van der Waals surface area contributed by atoms with Gasteiger partial charge in [0, 0.05) is 11.0 Å². The van der Waals surface area contributed by atoms with E-state index in [1.165, 1.54) is 0 Å². The lowest BCUT2D eigenvalue weighted by Gasteiger charge is -2.13. The van der Waals surface area contributed by atoms with Gasteiger partial charge in [0.2, 0.25) is 0 Å². The van der Waals surface area contributed by atoms with Gasteiger partial charge in [-0.3, -0.25) is 0 Å². The maximum Gasteiger partial charge on any atom is 0.0552 e. The lowest BCUT2D eigenvalue weighted by Crippen LogP contribution is -2.12. The summed E-state index contributed by atoms with van der Waals surface area (Å²) in [4.78, 5) is 0. The average molecular weight is 291 g/mol. The van der Waals surface area contributed by atoms with Crippen LogP contribution in [0.15, 0.2) is 53.0 Å². The van der Waals surface area contributed by atoms with Crippen molar-refractivity contribution in [3.05, 3.63) is 69.7 Å². The molecule has 0 fully saturated rings. The number of rotatable bonds is 3. The van der Waals surface area contributed by atoms with E-state index in [1.54, 1.807) is 0 Å². The molecule has 0 aliphatic carbocycles. The topological polar surface area (TPSA) is 52.0 Å². The second-order valence-corrected chi connectivity index (χ2v) is 4.90. The first kappa shape index (κ1) is 12.3. The molecule has 1 unspecified atom stereocenters. The lowest BCUT2D eigenvalue weighted by molar-refractivity contribution is 0.865. The van der Waals surface area contributed by atoms with E-state index in [-0.39, 0.29) is 6.04 Å². The Morgan fingerprint density at radius 1 is 1.00 bits per heavy atom. The van der Waals surface area contributed by atoms with E-state index < -0.39 is 0 Å². The molecule has 0 amide bonds. The molecule has 1 atom stereocenters. The quantitative estimate of drug-likeness (QED) is 0.913. The number of hydrogen-bond donors (Lipinski definition) is 2. The van der Waals surface area contributed by atoms with E-state index in [0.29, 0.717) is 6.54 Å². The van der Waals surface area contributed by atoms with Crippen LogP contribution in [0.3, 0.4) is 0 Å². The molecule has 17 heavy (non-hydrogen) atoms.